The Balaban J connectivity index is 1.38. The van der Waals surface area contributed by atoms with Crippen LogP contribution in [0.5, 0.6) is 0 Å². The van der Waals surface area contributed by atoms with E-state index in [0.717, 1.165) is 12.1 Å². The smallest absolute Gasteiger partial charge is 0.307 e. The Morgan fingerprint density at radius 3 is 2.62 bits per heavy atom. The Bertz CT molecular complexity index is 675. The third-order valence-electron chi connectivity index (χ3n) is 5.85. The maximum atomic E-state index is 12.5. The number of hydrogen-bond acceptors (Lipinski definition) is 3. The molecular formula is C18H23N3O3. The van der Waals surface area contributed by atoms with Gasteiger partial charge in [-0.3, -0.25) is 14.3 Å². The minimum absolute atomic E-state index is 0.00447. The predicted molar refractivity (Wildman–Crippen MR) is 86.9 cm³/mol. The maximum Gasteiger partial charge on any atom is 0.307 e. The molecule has 128 valence electrons. The first-order chi connectivity index (χ1) is 11.6. The summed E-state index contributed by atoms with van der Waals surface area (Å²) in [6, 6.07) is 2.43. The van der Waals surface area contributed by atoms with Crippen molar-refractivity contribution in [2.45, 2.75) is 44.7 Å². The molecule has 1 aromatic heterocycles. The van der Waals surface area contributed by atoms with E-state index in [9.17, 15) is 14.7 Å². The molecule has 2 fully saturated rings. The first kappa shape index (κ1) is 15.4. The van der Waals surface area contributed by atoms with Gasteiger partial charge in [-0.2, -0.15) is 5.10 Å². The molecule has 1 amide bonds. The molecule has 3 aliphatic rings. The Morgan fingerprint density at radius 1 is 1.21 bits per heavy atom. The minimum atomic E-state index is -0.863. The molecule has 0 unspecified atom stereocenters. The number of carboxylic acid groups (broad SMARTS) is 1. The summed E-state index contributed by atoms with van der Waals surface area (Å²) >= 11 is 0. The van der Waals surface area contributed by atoms with Gasteiger partial charge in [0.2, 0.25) is 5.91 Å². The molecule has 3 aliphatic carbocycles. The van der Waals surface area contributed by atoms with Gasteiger partial charge in [0.25, 0.3) is 0 Å². The van der Waals surface area contributed by atoms with Crippen molar-refractivity contribution in [3.05, 3.63) is 30.1 Å². The maximum absolute atomic E-state index is 12.5. The number of allylic oxidation sites excluding steroid dienone is 2. The number of nitrogens with one attached hydrogen (secondary N) is 1. The van der Waals surface area contributed by atoms with Crippen molar-refractivity contribution in [1.82, 2.24) is 15.1 Å². The van der Waals surface area contributed by atoms with Gasteiger partial charge in [0.15, 0.2) is 0 Å². The lowest BCUT2D eigenvalue weighted by molar-refractivity contribution is -0.147. The number of fused-ring (bicyclic) bond motifs is 2. The Kier molecular flexibility index (Phi) is 3.90. The van der Waals surface area contributed by atoms with E-state index in [4.69, 9.17) is 0 Å². The second-order valence-corrected chi connectivity index (χ2v) is 7.28. The average Bonchev–Trinajstić information content (AvgIpc) is 3.35. The Hall–Kier alpha value is -2.11. The van der Waals surface area contributed by atoms with Gasteiger partial charge in [0, 0.05) is 6.20 Å². The fourth-order valence-corrected chi connectivity index (χ4v) is 4.66. The van der Waals surface area contributed by atoms with E-state index in [-0.39, 0.29) is 17.7 Å². The molecule has 0 saturated heterocycles. The highest BCUT2D eigenvalue weighted by Gasteiger charge is 2.51. The van der Waals surface area contributed by atoms with E-state index in [1.807, 2.05) is 29.1 Å². The summed E-state index contributed by atoms with van der Waals surface area (Å²) in [7, 11) is 0. The largest absolute Gasteiger partial charge is 0.481 e. The van der Waals surface area contributed by atoms with Gasteiger partial charge in [0.05, 0.1) is 30.1 Å². The number of amides is 1. The zero-order valence-corrected chi connectivity index (χ0v) is 13.6. The number of carboxylic acids is 1. The van der Waals surface area contributed by atoms with Gasteiger partial charge < -0.3 is 10.4 Å². The highest BCUT2D eigenvalue weighted by Crippen LogP contribution is 2.48. The van der Waals surface area contributed by atoms with Gasteiger partial charge in [-0.25, -0.2) is 0 Å². The summed E-state index contributed by atoms with van der Waals surface area (Å²) in [5.41, 5.74) is 0.834. The molecule has 2 bridgehead atoms. The van der Waals surface area contributed by atoms with Gasteiger partial charge >= 0.3 is 5.97 Å². The second kappa shape index (κ2) is 6.07. The molecule has 4 rings (SSSR count). The molecule has 2 saturated carbocycles. The Morgan fingerprint density at radius 2 is 1.92 bits per heavy atom. The van der Waals surface area contributed by atoms with Crippen LogP contribution < -0.4 is 5.32 Å². The van der Waals surface area contributed by atoms with Crippen molar-refractivity contribution in [1.29, 1.82) is 0 Å². The third-order valence-corrected chi connectivity index (χ3v) is 5.85. The van der Waals surface area contributed by atoms with Crippen LogP contribution in [0.1, 0.15) is 43.8 Å². The molecule has 0 spiro atoms. The van der Waals surface area contributed by atoms with Crippen LogP contribution >= 0.6 is 0 Å². The van der Waals surface area contributed by atoms with Crippen molar-refractivity contribution >= 4 is 11.9 Å². The second-order valence-electron chi connectivity index (χ2n) is 7.28. The highest BCUT2D eigenvalue weighted by atomic mass is 16.4. The monoisotopic (exact) mass is 329 g/mol. The SMILES string of the molecule is O=C(O)[C@@H]1[C@@H](C(=O)NCc2ccn(C3CCCC3)n2)[C@H]2C=C[C@H]1C2. The van der Waals surface area contributed by atoms with Gasteiger partial charge in [-0.1, -0.05) is 25.0 Å². The number of carbonyl (C=O) groups is 2. The summed E-state index contributed by atoms with van der Waals surface area (Å²) in [5, 5.41) is 16.9. The molecule has 4 atom stereocenters. The van der Waals surface area contributed by atoms with E-state index in [2.05, 4.69) is 10.4 Å². The molecule has 1 aromatic rings. The van der Waals surface area contributed by atoms with E-state index in [1.165, 1.54) is 25.7 Å². The number of nitrogens with zero attached hydrogens (tertiary/aromatic N) is 2. The van der Waals surface area contributed by atoms with E-state index in [1.54, 1.807) is 0 Å². The fourth-order valence-electron chi connectivity index (χ4n) is 4.66. The van der Waals surface area contributed by atoms with Crippen molar-refractivity contribution in [2.24, 2.45) is 23.7 Å². The first-order valence-electron chi connectivity index (χ1n) is 8.86. The summed E-state index contributed by atoms with van der Waals surface area (Å²) in [5.74, 6) is -1.99. The van der Waals surface area contributed by atoms with Crippen LogP contribution in [0.3, 0.4) is 0 Å². The van der Waals surface area contributed by atoms with Crippen molar-refractivity contribution in [3.63, 3.8) is 0 Å². The summed E-state index contributed by atoms with van der Waals surface area (Å²) < 4.78 is 2.01. The molecule has 6 heteroatoms. The average molecular weight is 329 g/mol. The summed E-state index contributed by atoms with van der Waals surface area (Å²) in [4.78, 5) is 24.0. The van der Waals surface area contributed by atoms with Crippen LogP contribution in [0, 0.1) is 23.7 Å². The molecule has 0 aromatic carbocycles. The molecule has 2 N–H and O–H groups in total. The number of rotatable bonds is 5. The van der Waals surface area contributed by atoms with Gasteiger partial charge in [0.1, 0.15) is 0 Å². The number of hydrogen-bond donors (Lipinski definition) is 2. The van der Waals surface area contributed by atoms with Gasteiger partial charge in [-0.15, -0.1) is 0 Å². The number of aliphatic carboxylic acids is 1. The number of carbonyl (C=O) groups excluding carboxylic acids is 1. The number of aromatic nitrogens is 2. The van der Waals surface area contributed by atoms with Crippen LogP contribution in [-0.4, -0.2) is 26.8 Å². The lowest BCUT2D eigenvalue weighted by Gasteiger charge is -2.23. The molecule has 0 aliphatic heterocycles. The third kappa shape index (κ3) is 2.64. The topological polar surface area (TPSA) is 84.2 Å². The van der Waals surface area contributed by atoms with Crippen LogP contribution in [0.2, 0.25) is 0 Å². The van der Waals surface area contributed by atoms with E-state index < -0.39 is 17.8 Å². The normalized spacial score (nSPS) is 31.7. The zero-order chi connectivity index (χ0) is 16.7. The van der Waals surface area contributed by atoms with Crippen LogP contribution in [-0.2, 0) is 16.1 Å². The molecule has 24 heavy (non-hydrogen) atoms. The lowest BCUT2D eigenvalue weighted by atomic mass is 9.82. The molecule has 0 radical (unpaired) electrons. The zero-order valence-electron chi connectivity index (χ0n) is 13.6. The minimum Gasteiger partial charge on any atom is -0.481 e. The van der Waals surface area contributed by atoms with Crippen LogP contribution in [0.25, 0.3) is 0 Å². The summed E-state index contributed by atoms with van der Waals surface area (Å²) in [6.45, 7) is 0.364. The van der Waals surface area contributed by atoms with Crippen LogP contribution in [0.4, 0.5) is 0 Å². The van der Waals surface area contributed by atoms with Crippen molar-refractivity contribution < 1.29 is 14.7 Å². The highest BCUT2D eigenvalue weighted by molar-refractivity contribution is 5.86. The standard InChI is InChI=1S/C18H23N3O3/c22-17(15-11-5-6-12(9-11)16(15)18(23)24)19-10-13-7-8-21(20-13)14-3-1-2-4-14/h5-8,11-12,14-16H,1-4,9-10H2,(H,19,22)(H,23,24)/t11-,12-,15-,16-/m0/s1. The van der Waals surface area contributed by atoms with Crippen molar-refractivity contribution in [2.75, 3.05) is 0 Å². The van der Waals surface area contributed by atoms with Crippen molar-refractivity contribution in [3.8, 4) is 0 Å². The predicted octanol–water partition coefficient (Wildman–Crippen LogP) is 2.14. The Labute approximate surface area is 140 Å². The van der Waals surface area contributed by atoms with Gasteiger partial charge in [-0.05, 0) is 37.2 Å². The first-order valence-corrected chi connectivity index (χ1v) is 8.86. The molecule has 1 heterocycles. The summed E-state index contributed by atoms with van der Waals surface area (Å²) in [6.07, 6.45) is 11.6. The van der Waals surface area contributed by atoms with E-state index in [0.29, 0.717) is 12.6 Å². The fraction of sp³-hybridized carbons (Fsp3) is 0.611. The van der Waals surface area contributed by atoms with Crippen LogP contribution in [0.15, 0.2) is 24.4 Å². The molecular weight excluding hydrogens is 306 g/mol. The molecule has 6 nitrogen and oxygen atoms in total. The van der Waals surface area contributed by atoms with E-state index >= 15 is 0 Å². The quantitative estimate of drug-likeness (QED) is 0.811. The lowest BCUT2D eigenvalue weighted by Crippen LogP contribution is -2.40.